The second kappa shape index (κ2) is 7.34. The van der Waals surface area contributed by atoms with Crippen LogP contribution in [-0.4, -0.2) is 32.1 Å². The van der Waals surface area contributed by atoms with E-state index in [0.29, 0.717) is 5.52 Å². The second-order valence-corrected chi connectivity index (χ2v) is 6.43. The SMILES string of the molecule is Cc1ccc(Nc2cc(=O)n(C)c3ccn(C[C@@H](O)CO)c(=O)c23)c(F)c1. The quantitative estimate of drug-likeness (QED) is 0.625. The molecule has 0 amide bonds. The molecule has 0 radical (unpaired) electrons. The third kappa shape index (κ3) is 3.62. The van der Waals surface area contributed by atoms with E-state index < -0.39 is 24.1 Å². The van der Waals surface area contributed by atoms with Crippen LogP contribution in [0.15, 0.2) is 46.1 Å². The van der Waals surface area contributed by atoms with Crippen LogP contribution in [0.3, 0.4) is 0 Å². The van der Waals surface area contributed by atoms with Gasteiger partial charge in [0, 0.05) is 19.3 Å². The number of rotatable bonds is 5. The third-order valence-electron chi connectivity index (χ3n) is 4.38. The maximum atomic E-state index is 14.2. The molecule has 0 bridgehead atoms. The number of aryl methyl sites for hydroxylation is 2. The Kier molecular flexibility index (Phi) is 5.11. The number of fused-ring (bicyclic) bond motifs is 1. The van der Waals surface area contributed by atoms with Crippen molar-refractivity contribution < 1.29 is 14.6 Å². The molecule has 1 atom stereocenters. The van der Waals surface area contributed by atoms with Gasteiger partial charge in [0.2, 0.25) is 0 Å². The normalized spacial score (nSPS) is 12.3. The van der Waals surface area contributed by atoms with Crippen molar-refractivity contribution in [1.82, 2.24) is 9.13 Å². The van der Waals surface area contributed by atoms with Crippen LogP contribution in [-0.2, 0) is 13.6 Å². The number of hydrogen-bond acceptors (Lipinski definition) is 5. The highest BCUT2D eigenvalue weighted by Crippen LogP contribution is 2.24. The summed E-state index contributed by atoms with van der Waals surface area (Å²) in [6.45, 7) is 1.16. The minimum Gasteiger partial charge on any atom is -0.394 e. The van der Waals surface area contributed by atoms with Crippen LogP contribution in [0, 0.1) is 12.7 Å². The number of halogens is 1. The number of nitrogens with zero attached hydrogens (tertiary/aromatic N) is 2. The first-order valence-corrected chi connectivity index (χ1v) is 8.37. The van der Waals surface area contributed by atoms with Gasteiger partial charge in [-0.15, -0.1) is 0 Å². The Labute approximate surface area is 153 Å². The molecule has 2 aromatic heterocycles. The van der Waals surface area contributed by atoms with Gasteiger partial charge in [-0.25, -0.2) is 4.39 Å². The molecular weight excluding hydrogens is 353 g/mol. The number of pyridine rings is 2. The molecule has 0 saturated heterocycles. The van der Waals surface area contributed by atoms with Crippen LogP contribution in [0.1, 0.15) is 5.56 Å². The van der Waals surface area contributed by atoms with E-state index in [9.17, 15) is 19.1 Å². The van der Waals surface area contributed by atoms with Gasteiger partial charge < -0.3 is 24.7 Å². The lowest BCUT2D eigenvalue weighted by molar-refractivity contribution is 0.0805. The Morgan fingerprint density at radius 2 is 1.93 bits per heavy atom. The Morgan fingerprint density at radius 1 is 1.19 bits per heavy atom. The molecule has 1 aromatic carbocycles. The number of benzene rings is 1. The summed E-state index contributed by atoms with van der Waals surface area (Å²) in [7, 11) is 1.53. The van der Waals surface area contributed by atoms with Gasteiger partial charge >= 0.3 is 0 Å². The van der Waals surface area contributed by atoms with Crippen molar-refractivity contribution in [1.29, 1.82) is 0 Å². The summed E-state index contributed by atoms with van der Waals surface area (Å²) < 4.78 is 16.8. The molecule has 0 unspecified atom stereocenters. The molecule has 27 heavy (non-hydrogen) atoms. The van der Waals surface area contributed by atoms with E-state index in [1.54, 1.807) is 19.1 Å². The lowest BCUT2D eigenvalue weighted by Gasteiger charge is -2.15. The summed E-state index contributed by atoms with van der Waals surface area (Å²) in [5, 5.41) is 21.7. The minimum absolute atomic E-state index is 0.105. The van der Waals surface area contributed by atoms with Crippen molar-refractivity contribution in [3.8, 4) is 0 Å². The Hall–Kier alpha value is -2.97. The molecule has 7 nitrogen and oxygen atoms in total. The van der Waals surface area contributed by atoms with Crippen LogP contribution in [0.5, 0.6) is 0 Å². The number of aromatic nitrogens is 2. The first-order chi connectivity index (χ1) is 12.8. The topological polar surface area (TPSA) is 96.5 Å². The average Bonchev–Trinajstić information content (AvgIpc) is 2.63. The summed E-state index contributed by atoms with van der Waals surface area (Å²) >= 11 is 0. The molecule has 0 saturated carbocycles. The molecule has 0 spiro atoms. The number of anilines is 2. The van der Waals surface area contributed by atoms with E-state index in [-0.39, 0.29) is 28.9 Å². The Morgan fingerprint density at radius 3 is 2.59 bits per heavy atom. The molecular formula is C19H20FN3O4. The number of nitrogens with one attached hydrogen (secondary N) is 1. The van der Waals surface area contributed by atoms with E-state index in [1.807, 2.05) is 0 Å². The molecule has 2 heterocycles. The minimum atomic E-state index is -1.10. The monoisotopic (exact) mass is 373 g/mol. The molecule has 3 N–H and O–H groups in total. The highest BCUT2D eigenvalue weighted by molar-refractivity contribution is 5.92. The van der Waals surface area contributed by atoms with Gasteiger partial charge in [-0.05, 0) is 30.7 Å². The fraction of sp³-hybridized carbons (Fsp3) is 0.263. The van der Waals surface area contributed by atoms with Crippen molar-refractivity contribution in [3.05, 3.63) is 68.6 Å². The van der Waals surface area contributed by atoms with Crippen LogP contribution in [0.25, 0.3) is 10.9 Å². The molecule has 142 valence electrons. The van der Waals surface area contributed by atoms with Crippen LogP contribution >= 0.6 is 0 Å². The molecule has 0 fully saturated rings. The smallest absolute Gasteiger partial charge is 0.262 e. The zero-order valence-electron chi connectivity index (χ0n) is 14.9. The fourth-order valence-electron chi connectivity index (χ4n) is 2.90. The Balaban J connectivity index is 2.21. The standard InChI is InChI=1S/C19H20FN3O4/c1-11-3-4-14(13(20)7-11)21-15-8-17(26)22(2)16-5-6-23(9-12(25)10-24)19(27)18(15)16/h3-8,12,21,24-25H,9-10H2,1-2H3/t12-/m1/s1. The van der Waals surface area contributed by atoms with Crippen LogP contribution < -0.4 is 16.4 Å². The first kappa shape index (κ1) is 18.8. The van der Waals surface area contributed by atoms with Gasteiger partial charge in [-0.3, -0.25) is 9.59 Å². The fourth-order valence-corrected chi connectivity index (χ4v) is 2.90. The highest BCUT2D eigenvalue weighted by Gasteiger charge is 2.15. The van der Waals surface area contributed by atoms with E-state index >= 15 is 0 Å². The van der Waals surface area contributed by atoms with E-state index in [2.05, 4.69) is 5.32 Å². The van der Waals surface area contributed by atoms with E-state index in [1.165, 1.54) is 40.6 Å². The predicted molar refractivity (Wildman–Crippen MR) is 101 cm³/mol. The van der Waals surface area contributed by atoms with Crippen molar-refractivity contribution >= 4 is 22.3 Å². The van der Waals surface area contributed by atoms with Crippen LogP contribution in [0.2, 0.25) is 0 Å². The summed E-state index contributed by atoms with van der Waals surface area (Å²) in [6, 6.07) is 7.39. The second-order valence-electron chi connectivity index (χ2n) is 6.43. The largest absolute Gasteiger partial charge is 0.394 e. The highest BCUT2D eigenvalue weighted by atomic mass is 19.1. The zero-order valence-corrected chi connectivity index (χ0v) is 14.9. The van der Waals surface area contributed by atoms with Crippen molar-refractivity contribution in [3.63, 3.8) is 0 Å². The maximum Gasteiger partial charge on any atom is 0.262 e. The zero-order chi connectivity index (χ0) is 19.7. The van der Waals surface area contributed by atoms with Gasteiger partial charge in [-0.1, -0.05) is 6.07 Å². The molecule has 8 heteroatoms. The van der Waals surface area contributed by atoms with Gasteiger partial charge in [0.05, 0.1) is 41.5 Å². The van der Waals surface area contributed by atoms with Gasteiger partial charge in [0.25, 0.3) is 11.1 Å². The summed E-state index contributed by atoms with van der Waals surface area (Å²) in [4.78, 5) is 25.2. The molecule has 3 aromatic rings. The summed E-state index contributed by atoms with van der Waals surface area (Å²) in [6.07, 6.45) is 0.345. The van der Waals surface area contributed by atoms with Gasteiger partial charge in [0.15, 0.2) is 0 Å². The number of aliphatic hydroxyl groups excluding tert-OH is 2. The molecule has 0 aliphatic heterocycles. The lowest BCUT2D eigenvalue weighted by atomic mass is 10.1. The van der Waals surface area contributed by atoms with Crippen molar-refractivity contribution in [2.24, 2.45) is 7.05 Å². The summed E-state index contributed by atoms with van der Waals surface area (Å²) in [5.74, 6) is -0.504. The van der Waals surface area contributed by atoms with Crippen LogP contribution in [0.4, 0.5) is 15.8 Å². The summed E-state index contributed by atoms with van der Waals surface area (Å²) in [5.41, 5.74) is 0.606. The van der Waals surface area contributed by atoms with Crippen molar-refractivity contribution in [2.45, 2.75) is 19.6 Å². The lowest BCUT2D eigenvalue weighted by Crippen LogP contribution is -2.30. The molecule has 0 aliphatic carbocycles. The van der Waals surface area contributed by atoms with Gasteiger partial charge in [0.1, 0.15) is 5.82 Å². The van der Waals surface area contributed by atoms with Crippen molar-refractivity contribution in [2.75, 3.05) is 11.9 Å². The number of hydrogen-bond donors (Lipinski definition) is 3. The third-order valence-corrected chi connectivity index (χ3v) is 4.38. The molecule has 3 rings (SSSR count). The number of aliphatic hydroxyl groups is 2. The molecule has 0 aliphatic rings. The Bertz CT molecular complexity index is 1120. The van der Waals surface area contributed by atoms with E-state index in [0.717, 1.165) is 5.56 Å². The first-order valence-electron chi connectivity index (χ1n) is 8.37. The average molecular weight is 373 g/mol. The maximum absolute atomic E-state index is 14.2. The van der Waals surface area contributed by atoms with E-state index in [4.69, 9.17) is 5.11 Å². The predicted octanol–water partition coefficient (Wildman–Crippen LogP) is 1.24. The van der Waals surface area contributed by atoms with Gasteiger partial charge in [-0.2, -0.15) is 0 Å².